The third kappa shape index (κ3) is 3.62. The topological polar surface area (TPSA) is 79.3 Å². The Bertz CT molecular complexity index is 627. The minimum atomic E-state index is -0.975. The largest absolute Gasteiger partial charge is 0.481 e. The van der Waals surface area contributed by atoms with Crippen LogP contribution < -0.4 is 5.32 Å². The highest BCUT2D eigenvalue weighted by Crippen LogP contribution is 2.24. The van der Waals surface area contributed by atoms with E-state index in [0.717, 1.165) is 3.79 Å². The van der Waals surface area contributed by atoms with Gasteiger partial charge in [-0.25, -0.2) is 4.98 Å². The van der Waals surface area contributed by atoms with Gasteiger partial charge in [0.05, 0.1) is 16.4 Å². The predicted molar refractivity (Wildman–Crippen MR) is 75.5 cm³/mol. The molecule has 0 atom stereocenters. The Morgan fingerprint density at radius 2 is 2.11 bits per heavy atom. The van der Waals surface area contributed by atoms with Crippen molar-refractivity contribution in [3.05, 3.63) is 45.4 Å². The fourth-order valence-electron chi connectivity index (χ4n) is 1.54. The summed E-state index contributed by atoms with van der Waals surface area (Å²) < 4.78 is 0.807. The van der Waals surface area contributed by atoms with E-state index in [0.29, 0.717) is 16.3 Å². The van der Waals surface area contributed by atoms with Gasteiger partial charge in [0, 0.05) is 5.56 Å². The van der Waals surface area contributed by atoms with Gasteiger partial charge >= 0.3 is 5.97 Å². The summed E-state index contributed by atoms with van der Waals surface area (Å²) in [5.74, 6) is -1.34. The number of carbonyl (C=O) groups is 2. The van der Waals surface area contributed by atoms with Crippen molar-refractivity contribution in [2.45, 2.75) is 6.42 Å². The van der Waals surface area contributed by atoms with Crippen LogP contribution in [-0.4, -0.2) is 22.0 Å². The van der Waals surface area contributed by atoms with E-state index in [9.17, 15) is 9.59 Å². The quantitative estimate of drug-likeness (QED) is 0.896. The molecule has 1 heterocycles. The third-order valence-electron chi connectivity index (χ3n) is 2.30. The molecule has 98 valence electrons. The minimum Gasteiger partial charge on any atom is -0.481 e. The molecule has 0 aliphatic rings. The molecule has 0 fully saturated rings. The SMILES string of the molecule is O=C(O)Cc1ccccc1C(=O)Nc1ncc(Br)s1. The van der Waals surface area contributed by atoms with Crippen molar-refractivity contribution < 1.29 is 14.7 Å². The number of aromatic nitrogens is 1. The van der Waals surface area contributed by atoms with Crippen molar-refractivity contribution >= 4 is 44.3 Å². The van der Waals surface area contributed by atoms with Crippen molar-refractivity contribution in [1.29, 1.82) is 0 Å². The summed E-state index contributed by atoms with van der Waals surface area (Å²) in [4.78, 5) is 26.8. The number of benzene rings is 1. The zero-order valence-corrected chi connectivity index (χ0v) is 12.0. The third-order valence-corrected chi connectivity index (χ3v) is 3.69. The Morgan fingerprint density at radius 1 is 1.37 bits per heavy atom. The van der Waals surface area contributed by atoms with Gasteiger partial charge in [0.2, 0.25) is 0 Å². The number of carbonyl (C=O) groups excluding carboxylic acids is 1. The van der Waals surface area contributed by atoms with Crippen molar-refractivity contribution in [3.63, 3.8) is 0 Å². The van der Waals surface area contributed by atoms with E-state index in [-0.39, 0.29) is 12.3 Å². The van der Waals surface area contributed by atoms with Gasteiger partial charge in [-0.05, 0) is 27.6 Å². The molecule has 5 nitrogen and oxygen atoms in total. The van der Waals surface area contributed by atoms with Crippen molar-refractivity contribution in [2.75, 3.05) is 5.32 Å². The molecule has 0 radical (unpaired) electrons. The van der Waals surface area contributed by atoms with Gasteiger partial charge in [0.1, 0.15) is 0 Å². The van der Waals surface area contributed by atoms with Crippen LogP contribution in [0.3, 0.4) is 0 Å². The van der Waals surface area contributed by atoms with Crippen molar-refractivity contribution in [3.8, 4) is 0 Å². The van der Waals surface area contributed by atoms with Crippen LogP contribution in [0.5, 0.6) is 0 Å². The van der Waals surface area contributed by atoms with E-state index in [1.807, 2.05) is 0 Å². The first-order chi connectivity index (χ1) is 9.06. The standard InChI is InChI=1S/C12H9BrN2O3S/c13-9-6-14-12(19-9)15-11(18)8-4-2-1-3-7(8)5-10(16)17/h1-4,6H,5H2,(H,16,17)(H,14,15,18). The maximum absolute atomic E-state index is 12.1. The number of hydrogen-bond acceptors (Lipinski definition) is 4. The molecule has 1 aromatic heterocycles. The number of rotatable bonds is 4. The molecule has 2 rings (SSSR count). The molecule has 7 heteroatoms. The molecular formula is C12H9BrN2O3S. The molecule has 0 bridgehead atoms. The normalized spacial score (nSPS) is 10.2. The molecule has 0 saturated carbocycles. The summed E-state index contributed by atoms with van der Waals surface area (Å²) >= 11 is 4.54. The highest BCUT2D eigenvalue weighted by Gasteiger charge is 2.14. The zero-order valence-electron chi connectivity index (χ0n) is 9.59. The Hall–Kier alpha value is -1.73. The maximum Gasteiger partial charge on any atom is 0.307 e. The smallest absolute Gasteiger partial charge is 0.307 e. The molecule has 0 unspecified atom stereocenters. The van der Waals surface area contributed by atoms with Gasteiger partial charge in [-0.3, -0.25) is 14.9 Å². The molecule has 0 spiro atoms. The van der Waals surface area contributed by atoms with Gasteiger partial charge in [-0.1, -0.05) is 29.5 Å². The lowest BCUT2D eigenvalue weighted by atomic mass is 10.0. The van der Waals surface area contributed by atoms with Gasteiger partial charge in [-0.2, -0.15) is 0 Å². The molecule has 0 aliphatic carbocycles. The number of carboxylic acids is 1. The van der Waals surface area contributed by atoms with Gasteiger partial charge in [-0.15, -0.1) is 0 Å². The maximum atomic E-state index is 12.1. The molecular weight excluding hydrogens is 332 g/mol. The average Bonchev–Trinajstić information content (AvgIpc) is 2.74. The number of nitrogens with one attached hydrogen (secondary N) is 1. The Kier molecular flexibility index (Phi) is 4.28. The number of halogens is 1. The van der Waals surface area contributed by atoms with Crippen LogP contribution >= 0.6 is 27.3 Å². The molecule has 19 heavy (non-hydrogen) atoms. The van der Waals surface area contributed by atoms with Crippen molar-refractivity contribution in [2.24, 2.45) is 0 Å². The zero-order chi connectivity index (χ0) is 13.8. The Balaban J connectivity index is 2.21. The number of carboxylic acid groups (broad SMARTS) is 1. The number of anilines is 1. The molecule has 2 N–H and O–H groups in total. The van der Waals surface area contributed by atoms with E-state index < -0.39 is 5.97 Å². The van der Waals surface area contributed by atoms with E-state index in [1.165, 1.54) is 11.3 Å². The monoisotopic (exact) mass is 340 g/mol. The first-order valence-electron chi connectivity index (χ1n) is 5.28. The lowest BCUT2D eigenvalue weighted by Crippen LogP contribution is -2.15. The first kappa shape index (κ1) is 13.7. The summed E-state index contributed by atoms with van der Waals surface area (Å²) in [6.45, 7) is 0. The van der Waals surface area contributed by atoms with Crippen molar-refractivity contribution in [1.82, 2.24) is 4.98 Å². The molecule has 1 amide bonds. The number of nitrogens with zero attached hydrogens (tertiary/aromatic N) is 1. The number of aliphatic carboxylic acids is 1. The fraction of sp³-hybridized carbons (Fsp3) is 0.0833. The second-order valence-corrected chi connectivity index (χ2v) is 6.06. The van der Waals surface area contributed by atoms with Crippen LogP contribution in [0.15, 0.2) is 34.2 Å². The first-order valence-corrected chi connectivity index (χ1v) is 6.89. The number of hydrogen-bond donors (Lipinski definition) is 2. The van der Waals surface area contributed by atoms with Gasteiger partial charge in [0.25, 0.3) is 5.91 Å². The summed E-state index contributed by atoms with van der Waals surface area (Å²) in [6, 6.07) is 6.62. The molecule has 0 saturated heterocycles. The highest BCUT2D eigenvalue weighted by atomic mass is 79.9. The summed E-state index contributed by atoms with van der Waals surface area (Å²) in [7, 11) is 0. The summed E-state index contributed by atoms with van der Waals surface area (Å²) in [6.07, 6.45) is 1.40. The van der Waals surface area contributed by atoms with Crippen LogP contribution in [0.4, 0.5) is 5.13 Å². The van der Waals surface area contributed by atoms with E-state index in [1.54, 1.807) is 30.5 Å². The number of thiazole rings is 1. The lowest BCUT2D eigenvalue weighted by Gasteiger charge is -2.06. The highest BCUT2D eigenvalue weighted by molar-refractivity contribution is 9.11. The van der Waals surface area contributed by atoms with Crippen LogP contribution in [0.2, 0.25) is 0 Å². The van der Waals surface area contributed by atoms with E-state index in [2.05, 4.69) is 26.2 Å². The fourth-order valence-corrected chi connectivity index (χ4v) is 2.64. The predicted octanol–water partition coefficient (Wildman–Crippen LogP) is 2.79. The van der Waals surface area contributed by atoms with E-state index in [4.69, 9.17) is 5.11 Å². The lowest BCUT2D eigenvalue weighted by molar-refractivity contribution is -0.136. The van der Waals surface area contributed by atoms with Gasteiger partial charge < -0.3 is 5.11 Å². The summed E-state index contributed by atoms with van der Waals surface area (Å²) in [5.41, 5.74) is 0.819. The molecule has 1 aromatic carbocycles. The summed E-state index contributed by atoms with van der Waals surface area (Å²) in [5, 5.41) is 11.9. The Labute approximate surface area is 121 Å². The second kappa shape index (κ2) is 5.94. The van der Waals surface area contributed by atoms with Gasteiger partial charge in [0.15, 0.2) is 5.13 Å². The Morgan fingerprint density at radius 3 is 2.74 bits per heavy atom. The van der Waals surface area contributed by atoms with Crippen LogP contribution in [0.1, 0.15) is 15.9 Å². The molecule has 2 aromatic rings. The minimum absolute atomic E-state index is 0.189. The van der Waals surface area contributed by atoms with Crippen LogP contribution in [0.25, 0.3) is 0 Å². The number of amides is 1. The molecule has 0 aliphatic heterocycles. The second-order valence-electron chi connectivity index (χ2n) is 3.65. The van der Waals surface area contributed by atoms with E-state index >= 15 is 0 Å². The van der Waals surface area contributed by atoms with Crippen LogP contribution in [-0.2, 0) is 11.2 Å². The average molecular weight is 341 g/mol. The van der Waals surface area contributed by atoms with Crippen LogP contribution in [0, 0.1) is 0 Å².